The third-order valence-electron chi connectivity index (χ3n) is 5.81. The van der Waals surface area contributed by atoms with Gasteiger partial charge in [0, 0.05) is 65.0 Å². The van der Waals surface area contributed by atoms with E-state index in [1.807, 2.05) is 33.7 Å². The number of likely N-dealkylation sites (tertiary alicyclic amines) is 1. The Morgan fingerprint density at radius 3 is 2.58 bits per heavy atom. The van der Waals surface area contributed by atoms with Gasteiger partial charge >= 0.3 is 0 Å². The lowest BCUT2D eigenvalue weighted by Gasteiger charge is -2.36. The third kappa shape index (κ3) is 6.06. The Kier molecular flexibility index (Phi) is 8.88. The lowest BCUT2D eigenvalue weighted by Crippen LogP contribution is -2.54. The van der Waals surface area contributed by atoms with Crippen molar-refractivity contribution in [3.8, 4) is 0 Å². The molecule has 0 radical (unpaired) electrons. The average Bonchev–Trinajstić information content (AvgIpc) is 3.44. The molecule has 31 heavy (non-hydrogen) atoms. The number of aliphatic imine (C=N–C) groups is 1. The molecule has 1 N–H and O–H groups in total. The standard InChI is InChI=1S/C21H32N8O.HI/c1-2-22-21(23-9-8-19-25-24-18-7-3-4-12-29(18)19)28-15-13-26(14-16-28)17-20(30)27-10-5-6-11-27;/h3-4,7,12H,2,5-6,8-11,13-17H2,1H3,(H,22,23);1H. The number of halogens is 1. The molecule has 2 saturated heterocycles. The first-order chi connectivity index (χ1) is 14.7. The van der Waals surface area contributed by atoms with Gasteiger partial charge in [-0.15, -0.1) is 34.2 Å². The molecule has 170 valence electrons. The van der Waals surface area contributed by atoms with Crippen LogP contribution < -0.4 is 5.32 Å². The number of amides is 1. The number of rotatable bonds is 6. The fourth-order valence-electron chi connectivity index (χ4n) is 4.12. The summed E-state index contributed by atoms with van der Waals surface area (Å²) in [5.74, 6) is 2.15. The average molecular weight is 540 g/mol. The maximum Gasteiger partial charge on any atom is 0.236 e. The Morgan fingerprint density at radius 1 is 1.06 bits per heavy atom. The van der Waals surface area contributed by atoms with Crippen molar-refractivity contribution in [2.45, 2.75) is 26.2 Å². The predicted molar refractivity (Wildman–Crippen MR) is 132 cm³/mol. The summed E-state index contributed by atoms with van der Waals surface area (Å²) in [7, 11) is 0. The molecule has 4 rings (SSSR count). The Balaban J connectivity index is 0.00000272. The van der Waals surface area contributed by atoms with Gasteiger partial charge in [0.25, 0.3) is 0 Å². The molecular weight excluding hydrogens is 507 g/mol. The molecule has 2 fully saturated rings. The zero-order chi connectivity index (χ0) is 20.8. The molecule has 4 heterocycles. The molecule has 0 unspecified atom stereocenters. The maximum absolute atomic E-state index is 12.4. The van der Waals surface area contributed by atoms with Crippen molar-refractivity contribution in [1.82, 2.24) is 34.6 Å². The molecule has 0 aliphatic carbocycles. The van der Waals surface area contributed by atoms with Gasteiger partial charge in [0.2, 0.25) is 5.91 Å². The minimum atomic E-state index is 0. The summed E-state index contributed by atoms with van der Waals surface area (Å²) in [6, 6.07) is 5.91. The number of fused-ring (bicyclic) bond motifs is 1. The molecule has 0 aromatic carbocycles. The van der Waals surface area contributed by atoms with E-state index in [4.69, 9.17) is 4.99 Å². The van der Waals surface area contributed by atoms with Gasteiger partial charge in [0.15, 0.2) is 11.6 Å². The molecule has 1 amide bonds. The van der Waals surface area contributed by atoms with Crippen molar-refractivity contribution >= 4 is 41.5 Å². The van der Waals surface area contributed by atoms with Crippen LogP contribution in [0.25, 0.3) is 5.65 Å². The summed E-state index contributed by atoms with van der Waals surface area (Å²) in [5, 5.41) is 11.9. The van der Waals surface area contributed by atoms with Gasteiger partial charge in [-0.05, 0) is 31.9 Å². The highest BCUT2D eigenvalue weighted by Crippen LogP contribution is 2.10. The van der Waals surface area contributed by atoms with Crippen LogP contribution >= 0.6 is 24.0 Å². The van der Waals surface area contributed by atoms with Crippen LogP contribution in [0.5, 0.6) is 0 Å². The van der Waals surface area contributed by atoms with Gasteiger partial charge < -0.3 is 15.1 Å². The van der Waals surface area contributed by atoms with Crippen molar-refractivity contribution in [2.24, 2.45) is 4.99 Å². The normalized spacial score (nSPS) is 17.8. The second-order valence-corrected chi connectivity index (χ2v) is 7.88. The number of aromatic nitrogens is 3. The SMILES string of the molecule is CCNC(=NCCc1nnc2ccccn12)N1CCN(CC(=O)N2CCCC2)CC1.I. The van der Waals surface area contributed by atoms with E-state index >= 15 is 0 Å². The van der Waals surface area contributed by atoms with Gasteiger partial charge in [-0.3, -0.25) is 19.1 Å². The van der Waals surface area contributed by atoms with Crippen LogP contribution in [0.4, 0.5) is 0 Å². The monoisotopic (exact) mass is 540 g/mol. The van der Waals surface area contributed by atoms with Gasteiger partial charge in [-0.25, -0.2) is 0 Å². The molecule has 2 aromatic rings. The van der Waals surface area contributed by atoms with Crippen LogP contribution in [0, 0.1) is 0 Å². The molecule has 0 atom stereocenters. The third-order valence-corrected chi connectivity index (χ3v) is 5.81. The highest BCUT2D eigenvalue weighted by molar-refractivity contribution is 14.0. The summed E-state index contributed by atoms with van der Waals surface area (Å²) in [6.45, 7) is 9.52. The fourth-order valence-corrected chi connectivity index (χ4v) is 4.12. The summed E-state index contributed by atoms with van der Waals surface area (Å²) >= 11 is 0. The van der Waals surface area contributed by atoms with E-state index in [1.54, 1.807) is 0 Å². The van der Waals surface area contributed by atoms with Crippen LogP contribution in [0.3, 0.4) is 0 Å². The summed E-state index contributed by atoms with van der Waals surface area (Å²) in [6.07, 6.45) is 5.02. The number of carbonyl (C=O) groups excluding carboxylic acids is 1. The second-order valence-electron chi connectivity index (χ2n) is 7.88. The molecular formula is C21H33IN8O. The quantitative estimate of drug-likeness (QED) is 0.336. The molecule has 10 heteroatoms. The van der Waals surface area contributed by atoms with Crippen molar-refractivity contribution in [3.05, 3.63) is 30.2 Å². The van der Waals surface area contributed by atoms with Crippen LogP contribution in [-0.2, 0) is 11.2 Å². The first-order valence-corrected chi connectivity index (χ1v) is 11.1. The number of hydrogen-bond acceptors (Lipinski definition) is 5. The maximum atomic E-state index is 12.4. The lowest BCUT2D eigenvalue weighted by atomic mass is 10.3. The number of carbonyl (C=O) groups is 1. The van der Waals surface area contributed by atoms with Gasteiger partial charge in [-0.2, -0.15) is 0 Å². The fraction of sp³-hybridized carbons (Fsp3) is 0.619. The van der Waals surface area contributed by atoms with E-state index < -0.39 is 0 Å². The Hall–Kier alpha value is -1.95. The number of nitrogens with one attached hydrogen (secondary N) is 1. The zero-order valence-electron chi connectivity index (χ0n) is 18.2. The van der Waals surface area contributed by atoms with Crippen LogP contribution in [-0.4, -0.2) is 100 Å². The largest absolute Gasteiger partial charge is 0.357 e. The van der Waals surface area contributed by atoms with Crippen molar-refractivity contribution in [1.29, 1.82) is 0 Å². The molecule has 0 bridgehead atoms. The Morgan fingerprint density at radius 2 is 1.84 bits per heavy atom. The predicted octanol–water partition coefficient (Wildman–Crippen LogP) is 1.10. The number of hydrogen-bond donors (Lipinski definition) is 1. The second kappa shape index (κ2) is 11.6. The van der Waals surface area contributed by atoms with E-state index in [0.29, 0.717) is 13.1 Å². The highest BCUT2D eigenvalue weighted by atomic mass is 127. The van der Waals surface area contributed by atoms with E-state index in [1.165, 1.54) is 0 Å². The van der Waals surface area contributed by atoms with Crippen LogP contribution in [0.15, 0.2) is 29.4 Å². The van der Waals surface area contributed by atoms with Crippen LogP contribution in [0.2, 0.25) is 0 Å². The number of nitrogens with zero attached hydrogens (tertiary/aromatic N) is 7. The lowest BCUT2D eigenvalue weighted by molar-refractivity contribution is -0.131. The number of pyridine rings is 1. The van der Waals surface area contributed by atoms with E-state index in [9.17, 15) is 4.79 Å². The summed E-state index contributed by atoms with van der Waals surface area (Å²) < 4.78 is 2.01. The highest BCUT2D eigenvalue weighted by Gasteiger charge is 2.24. The van der Waals surface area contributed by atoms with Crippen molar-refractivity contribution in [2.75, 3.05) is 58.9 Å². The zero-order valence-corrected chi connectivity index (χ0v) is 20.6. The first kappa shape index (κ1) is 23.7. The summed E-state index contributed by atoms with van der Waals surface area (Å²) in [4.78, 5) is 23.8. The smallest absolute Gasteiger partial charge is 0.236 e. The number of guanidine groups is 1. The Labute approximate surface area is 200 Å². The number of piperazine rings is 1. The van der Waals surface area contributed by atoms with Gasteiger partial charge in [0.05, 0.1) is 6.54 Å². The van der Waals surface area contributed by atoms with Crippen LogP contribution in [0.1, 0.15) is 25.6 Å². The van der Waals surface area contributed by atoms with E-state index in [-0.39, 0.29) is 29.9 Å². The first-order valence-electron chi connectivity index (χ1n) is 11.1. The van der Waals surface area contributed by atoms with Crippen molar-refractivity contribution < 1.29 is 4.79 Å². The van der Waals surface area contributed by atoms with E-state index in [0.717, 1.165) is 82.5 Å². The summed E-state index contributed by atoms with van der Waals surface area (Å²) in [5.41, 5.74) is 0.864. The molecule has 0 spiro atoms. The molecule has 2 aliphatic heterocycles. The van der Waals surface area contributed by atoms with E-state index in [2.05, 4.69) is 32.2 Å². The van der Waals surface area contributed by atoms with Crippen molar-refractivity contribution in [3.63, 3.8) is 0 Å². The minimum absolute atomic E-state index is 0. The van der Waals surface area contributed by atoms with Gasteiger partial charge in [0.1, 0.15) is 5.82 Å². The molecule has 2 aromatic heterocycles. The molecule has 9 nitrogen and oxygen atoms in total. The molecule has 0 saturated carbocycles. The topological polar surface area (TPSA) is 81.4 Å². The molecule has 2 aliphatic rings. The Bertz CT molecular complexity index is 871. The minimum Gasteiger partial charge on any atom is -0.357 e. The van der Waals surface area contributed by atoms with Gasteiger partial charge in [-0.1, -0.05) is 6.07 Å².